The van der Waals surface area contributed by atoms with Gasteiger partial charge < -0.3 is 14.8 Å². The highest BCUT2D eigenvalue weighted by Crippen LogP contribution is 2.29. The highest BCUT2D eigenvalue weighted by atomic mass is 32.2. The zero-order valence-electron chi connectivity index (χ0n) is 24.0. The van der Waals surface area contributed by atoms with E-state index in [1.807, 2.05) is 81.4 Å². The van der Waals surface area contributed by atoms with E-state index in [0.29, 0.717) is 13.0 Å². The van der Waals surface area contributed by atoms with Crippen LogP contribution in [0, 0.1) is 5.41 Å². The predicted molar refractivity (Wildman–Crippen MR) is 159 cm³/mol. The molecule has 3 rings (SSSR count). The molecule has 0 aromatic heterocycles. The van der Waals surface area contributed by atoms with E-state index < -0.39 is 33.4 Å². The average molecular weight is 581 g/mol. The molecule has 0 radical (unpaired) electrons. The molecule has 0 spiro atoms. The van der Waals surface area contributed by atoms with E-state index in [4.69, 9.17) is 9.47 Å². The Morgan fingerprint density at radius 1 is 0.829 bits per heavy atom. The summed E-state index contributed by atoms with van der Waals surface area (Å²) in [6, 6.07) is 25.2. The van der Waals surface area contributed by atoms with Crippen LogP contribution < -0.4 is 10.0 Å². The Kier molecular flexibility index (Phi) is 12.1. The summed E-state index contributed by atoms with van der Waals surface area (Å²) in [4.78, 5) is 25.8. The van der Waals surface area contributed by atoms with Crippen LogP contribution in [0.5, 0.6) is 0 Å². The van der Waals surface area contributed by atoms with Gasteiger partial charge in [-0.25, -0.2) is 13.1 Å². The van der Waals surface area contributed by atoms with Gasteiger partial charge in [-0.1, -0.05) is 106 Å². The summed E-state index contributed by atoms with van der Waals surface area (Å²) in [5.74, 6) is -1.11. The van der Waals surface area contributed by atoms with Gasteiger partial charge in [0.05, 0.1) is 25.5 Å². The van der Waals surface area contributed by atoms with Gasteiger partial charge >= 0.3 is 0 Å². The first-order valence-corrected chi connectivity index (χ1v) is 15.3. The molecule has 0 saturated heterocycles. The van der Waals surface area contributed by atoms with E-state index in [0.717, 1.165) is 24.0 Å². The van der Waals surface area contributed by atoms with E-state index in [9.17, 15) is 18.0 Å². The fourth-order valence-corrected chi connectivity index (χ4v) is 5.46. The molecule has 3 aromatic carbocycles. The van der Waals surface area contributed by atoms with Crippen molar-refractivity contribution in [1.29, 1.82) is 0 Å². The fraction of sp³-hybridized carbons (Fsp3) is 0.375. The zero-order chi connectivity index (χ0) is 29.7. The molecular weight excluding hydrogens is 540 g/mol. The lowest BCUT2D eigenvalue weighted by molar-refractivity contribution is -0.141. The van der Waals surface area contributed by atoms with Crippen LogP contribution in [0.25, 0.3) is 0 Å². The van der Waals surface area contributed by atoms with Gasteiger partial charge in [0, 0.05) is 11.8 Å². The molecule has 41 heavy (non-hydrogen) atoms. The standard InChI is InChI=1S/C32H40N2O6S/c1-4-5-8-21-29(35)34-41(37,38)28-20-14-13-19-27(28)33-31(36)30(40-23-26-17-11-7-12-18-26)32(2,3)24-39-22-25-15-9-6-10-16-25/h6-7,9-20,30H,4-5,8,21-24H2,1-3H3,(H,33,36)(H,34,35). The lowest BCUT2D eigenvalue weighted by atomic mass is 9.86. The molecule has 220 valence electrons. The van der Waals surface area contributed by atoms with Crippen molar-refractivity contribution in [3.05, 3.63) is 96.1 Å². The number of carbonyl (C=O) groups excluding carboxylic acids is 2. The Morgan fingerprint density at radius 2 is 1.41 bits per heavy atom. The maximum Gasteiger partial charge on any atom is 0.266 e. The number of unbranched alkanes of at least 4 members (excludes halogenated alkanes) is 2. The summed E-state index contributed by atoms with van der Waals surface area (Å²) >= 11 is 0. The van der Waals surface area contributed by atoms with Crippen molar-refractivity contribution in [2.24, 2.45) is 5.41 Å². The SMILES string of the molecule is CCCCCC(=O)NS(=O)(=O)c1ccccc1NC(=O)C(OCc1ccccc1)C(C)(C)COCc1ccccc1. The molecule has 0 fully saturated rings. The Balaban J connectivity index is 1.78. The van der Waals surface area contributed by atoms with Gasteiger partial charge in [0.25, 0.3) is 15.9 Å². The van der Waals surface area contributed by atoms with Crippen molar-refractivity contribution in [3.8, 4) is 0 Å². The lowest BCUT2D eigenvalue weighted by Gasteiger charge is -2.33. The van der Waals surface area contributed by atoms with Gasteiger partial charge in [-0.15, -0.1) is 0 Å². The topological polar surface area (TPSA) is 111 Å². The molecule has 0 heterocycles. The second-order valence-electron chi connectivity index (χ2n) is 10.6. The number of ether oxygens (including phenoxy) is 2. The van der Waals surface area contributed by atoms with Gasteiger partial charge in [0.1, 0.15) is 11.0 Å². The normalized spacial score (nSPS) is 12.5. The third-order valence-corrected chi connectivity index (χ3v) is 7.91. The summed E-state index contributed by atoms with van der Waals surface area (Å²) in [5, 5.41) is 2.74. The molecule has 8 nitrogen and oxygen atoms in total. The van der Waals surface area contributed by atoms with Gasteiger partial charge in [-0.05, 0) is 29.7 Å². The number of amides is 2. The summed E-state index contributed by atoms with van der Waals surface area (Å²) in [5.41, 5.74) is 1.17. The molecule has 3 aromatic rings. The minimum atomic E-state index is -4.21. The molecule has 0 aliphatic rings. The Bertz CT molecular complexity index is 1360. The lowest BCUT2D eigenvalue weighted by Crippen LogP contribution is -2.45. The molecule has 9 heteroatoms. The van der Waals surface area contributed by atoms with E-state index in [1.54, 1.807) is 6.07 Å². The minimum absolute atomic E-state index is 0.0562. The average Bonchev–Trinajstić information content (AvgIpc) is 2.94. The van der Waals surface area contributed by atoms with Crippen molar-refractivity contribution < 1.29 is 27.5 Å². The first-order chi connectivity index (χ1) is 19.6. The zero-order valence-corrected chi connectivity index (χ0v) is 24.8. The molecule has 1 atom stereocenters. The van der Waals surface area contributed by atoms with Gasteiger partial charge in [0.15, 0.2) is 0 Å². The van der Waals surface area contributed by atoms with Crippen molar-refractivity contribution in [2.45, 2.75) is 70.7 Å². The number of carbonyl (C=O) groups is 2. The number of hydrogen-bond acceptors (Lipinski definition) is 6. The van der Waals surface area contributed by atoms with E-state index in [1.165, 1.54) is 18.2 Å². The van der Waals surface area contributed by atoms with Crippen molar-refractivity contribution >= 4 is 27.5 Å². The fourth-order valence-electron chi connectivity index (χ4n) is 4.29. The van der Waals surface area contributed by atoms with E-state index >= 15 is 0 Å². The third-order valence-electron chi connectivity index (χ3n) is 6.48. The Labute approximate surface area is 243 Å². The van der Waals surface area contributed by atoms with Crippen LogP contribution in [0.15, 0.2) is 89.8 Å². The molecule has 2 N–H and O–H groups in total. The second-order valence-corrected chi connectivity index (χ2v) is 12.3. The summed E-state index contributed by atoms with van der Waals surface area (Å²) < 4.78 is 40.5. The minimum Gasteiger partial charge on any atom is -0.376 e. The van der Waals surface area contributed by atoms with Crippen molar-refractivity contribution in [2.75, 3.05) is 11.9 Å². The van der Waals surface area contributed by atoms with Gasteiger partial charge in [-0.3, -0.25) is 9.59 Å². The van der Waals surface area contributed by atoms with Crippen LogP contribution >= 0.6 is 0 Å². The van der Waals surface area contributed by atoms with Crippen LogP contribution in [0.4, 0.5) is 5.69 Å². The van der Waals surface area contributed by atoms with Crippen molar-refractivity contribution in [3.63, 3.8) is 0 Å². The highest BCUT2D eigenvalue weighted by Gasteiger charge is 2.37. The van der Waals surface area contributed by atoms with Crippen LogP contribution in [-0.2, 0) is 42.3 Å². The first kappa shape index (κ1) is 32.0. The van der Waals surface area contributed by atoms with Crippen molar-refractivity contribution in [1.82, 2.24) is 4.72 Å². The number of para-hydroxylation sites is 1. The quantitative estimate of drug-likeness (QED) is 0.206. The molecule has 0 aliphatic heterocycles. The molecule has 0 saturated carbocycles. The Hall–Kier alpha value is -3.53. The van der Waals surface area contributed by atoms with Gasteiger partial charge in [-0.2, -0.15) is 0 Å². The number of sulfonamides is 1. The third kappa shape index (κ3) is 10.1. The number of nitrogens with one attached hydrogen (secondary N) is 2. The van der Waals surface area contributed by atoms with E-state index in [2.05, 4.69) is 10.0 Å². The van der Waals surface area contributed by atoms with Crippen LogP contribution in [-0.4, -0.2) is 32.9 Å². The predicted octanol–water partition coefficient (Wildman–Crippen LogP) is 5.84. The molecular formula is C32H40N2O6S. The van der Waals surface area contributed by atoms with Gasteiger partial charge in [0.2, 0.25) is 5.91 Å². The van der Waals surface area contributed by atoms with Crippen LogP contribution in [0.3, 0.4) is 0 Å². The largest absolute Gasteiger partial charge is 0.376 e. The number of rotatable bonds is 16. The van der Waals surface area contributed by atoms with Crippen LogP contribution in [0.1, 0.15) is 57.6 Å². The van der Waals surface area contributed by atoms with Crippen LogP contribution in [0.2, 0.25) is 0 Å². The summed E-state index contributed by atoms with van der Waals surface area (Å²) in [7, 11) is -4.21. The maximum atomic E-state index is 13.7. The molecule has 1 unspecified atom stereocenters. The summed E-state index contributed by atoms with van der Waals surface area (Å²) in [6.07, 6.45) is 1.45. The smallest absolute Gasteiger partial charge is 0.266 e. The van der Waals surface area contributed by atoms with E-state index in [-0.39, 0.29) is 30.2 Å². The summed E-state index contributed by atoms with van der Waals surface area (Å²) in [6.45, 7) is 6.49. The first-order valence-electron chi connectivity index (χ1n) is 13.8. The Morgan fingerprint density at radius 3 is 2.05 bits per heavy atom. The molecule has 0 aliphatic carbocycles. The highest BCUT2D eigenvalue weighted by molar-refractivity contribution is 7.90. The number of anilines is 1. The number of hydrogen-bond donors (Lipinski definition) is 2. The number of benzene rings is 3. The second kappa shape index (κ2) is 15.5. The monoisotopic (exact) mass is 580 g/mol. The molecule has 0 bridgehead atoms. The maximum absolute atomic E-state index is 13.7. The molecule has 2 amide bonds.